The molecule has 5 nitrogen and oxygen atoms in total. The molecule has 0 aromatic heterocycles. The average molecular weight is 268 g/mol. The van der Waals surface area contributed by atoms with Gasteiger partial charge in [-0.1, -0.05) is 19.1 Å². The number of nitrogens with one attached hydrogen (secondary N) is 1. The lowest BCUT2D eigenvalue weighted by molar-refractivity contribution is 0.216. The van der Waals surface area contributed by atoms with Crippen LogP contribution in [0.4, 0.5) is 0 Å². The fourth-order valence-corrected chi connectivity index (χ4v) is 2.89. The van der Waals surface area contributed by atoms with Gasteiger partial charge in [-0.05, 0) is 25.0 Å². The fourth-order valence-electron chi connectivity index (χ4n) is 1.38. The van der Waals surface area contributed by atoms with Crippen LogP contribution >= 0.6 is 0 Å². The predicted molar refractivity (Wildman–Crippen MR) is 67.2 cm³/mol. The molecule has 0 amide bonds. The van der Waals surface area contributed by atoms with Crippen molar-refractivity contribution in [1.82, 2.24) is 4.72 Å². The van der Waals surface area contributed by atoms with E-state index in [0.29, 0.717) is 0 Å². The molecule has 0 radical (unpaired) electrons. The smallest absolute Gasteiger partial charge is 0.242 e. The fraction of sp³-hybridized carbons (Fsp3) is 0.417. The van der Waals surface area contributed by atoms with E-state index in [1.54, 1.807) is 26.0 Å². The second-order valence-corrected chi connectivity index (χ2v) is 5.86. The molecule has 1 aromatic rings. The Bertz CT molecular complexity index is 549. The van der Waals surface area contributed by atoms with Gasteiger partial charge in [0.2, 0.25) is 10.0 Å². The van der Waals surface area contributed by atoms with Crippen LogP contribution in [0.3, 0.4) is 0 Å². The van der Waals surface area contributed by atoms with Gasteiger partial charge in [-0.25, -0.2) is 13.1 Å². The van der Waals surface area contributed by atoms with Gasteiger partial charge in [-0.3, -0.25) is 0 Å². The topological polar surface area (TPSA) is 90.2 Å². The minimum absolute atomic E-state index is 0.0375. The lowest BCUT2D eigenvalue weighted by Crippen LogP contribution is -2.38. The average Bonchev–Trinajstić information content (AvgIpc) is 2.37. The van der Waals surface area contributed by atoms with E-state index in [-0.39, 0.29) is 23.0 Å². The number of rotatable bonds is 5. The Labute approximate surface area is 107 Å². The van der Waals surface area contributed by atoms with Gasteiger partial charge in [-0.15, -0.1) is 0 Å². The first-order valence-electron chi connectivity index (χ1n) is 5.54. The van der Waals surface area contributed by atoms with E-state index in [9.17, 15) is 8.42 Å². The number of sulfonamides is 1. The van der Waals surface area contributed by atoms with Crippen molar-refractivity contribution in [2.45, 2.75) is 24.8 Å². The van der Waals surface area contributed by atoms with E-state index < -0.39 is 16.1 Å². The van der Waals surface area contributed by atoms with Crippen LogP contribution in [0.25, 0.3) is 0 Å². The van der Waals surface area contributed by atoms with Crippen molar-refractivity contribution in [3.8, 4) is 6.07 Å². The summed E-state index contributed by atoms with van der Waals surface area (Å²) in [6.45, 7) is 3.31. The first-order chi connectivity index (χ1) is 8.42. The molecule has 2 unspecified atom stereocenters. The summed E-state index contributed by atoms with van der Waals surface area (Å²) in [7, 11) is -3.74. The Morgan fingerprint density at radius 3 is 2.56 bits per heavy atom. The summed E-state index contributed by atoms with van der Waals surface area (Å²) in [6.07, 6.45) is 0. The van der Waals surface area contributed by atoms with Gasteiger partial charge >= 0.3 is 0 Å². The van der Waals surface area contributed by atoms with E-state index in [4.69, 9.17) is 10.4 Å². The van der Waals surface area contributed by atoms with E-state index in [1.165, 1.54) is 12.1 Å². The highest BCUT2D eigenvalue weighted by atomic mass is 32.2. The number of aliphatic hydroxyl groups excluding tert-OH is 1. The summed E-state index contributed by atoms with van der Waals surface area (Å²) < 4.78 is 26.7. The van der Waals surface area contributed by atoms with Gasteiger partial charge in [0.15, 0.2) is 0 Å². The van der Waals surface area contributed by atoms with Crippen LogP contribution in [0.2, 0.25) is 0 Å². The summed E-state index contributed by atoms with van der Waals surface area (Å²) in [5, 5.41) is 17.9. The minimum Gasteiger partial charge on any atom is -0.396 e. The Morgan fingerprint density at radius 2 is 2.00 bits per heavy atom. The van der Waals surface area contributed by atoms with Crippen LogP contribution in [0.15, 0.2) is 29.2 Å². The van der Waals surface area contributed by atoms with Gasteiger partial charge in [-0.2, -0.15) is 5.26 Å². The van der Waals surface area contributed by atoms with Crippen molar-refractivity contribution in [1.29, 1.82) is 5.26 Å². The van der Waals surface area contributed by atoms with Crippen molar-refractivity contribution in [2.24, 2.45) is 5.92 Å². The quantitative estimate of drug-likeness (QED) is 0.828. The van der Waals surface area contributed by atoms with Crippen LogP contribution in [-0.4, -0.2) is 26.2 Å². The Balaban J connectivity index is 3.05. The second kappa shape index (κ2) is 5.96. The number of nitriles is 1. The summed E-state index contributed by atoms with van der Waals surface area (Å²) in [5.74, 6) is -0.200. The highest BCUT2D eigenvalue weighted by Gasteiger charge is 2.22. The molecule has 0 fully saturated rings. The summed E-state index contributed by atoms with van der Waals surface area (Å²) in [5.41, 5.74) is 0.105. The van der Waals surface area contributed by atoms with Crippen molar-refractivity contribution in [3.63, 3.8) is 0 Å². The zero-order valence-corrected chi connectivity index (χ0v) is 11.1. The Morgan fingerprint density at radius 1 is 1.39 bits per heavy atom. The predicted octanol–water partition coefficient (Wildman–Crippen LogP) is 0.853. The molecule has 2 N–H and O–H groups in total. The first-order valence-corrected chi connectivity index (χ1v) is 7.03. The van der Waals surface area contributed by atoms with Crippen LogP contribution in [0.5, 0.6) is 0 Å². The summed E-state index contributed by atoms with van der Waals surface area (Å²) in [4.78, 5) is -0.0375. The molecule has 0 bridgehead atoms. The van der Waals surface area contributed by atoms with Crippen LogP contribution in [0, 0.1) is 17.2 Å². The van der Waals surface area contributed by atoms with Crippen molar-refractivity contribution in [2.75, 3.05) is 6.61 Å². The van der Waals surface area contributed by atoms with Gasteiger partial charge in [0.1, 0.15) is 6.07 Å². The molecule has 0 aliphatic carbocycles. The number of hydrogen-bond acceptors (Lipinski definition) is 4. The summed E-state index contributed by atoms with van der Waals surface area (Å²) >= 11 is 0. The summed E-state index contributed by atoms with van der Waals surface area (Å²) in [6, 6.07) is 7.45. The molecule has 0 aliphatic heterocycles. The minimum atomic E-state index is -3.74. The molecule has 0 heterocycles. The van der Waals surface area contributed by atoms with Crippen molar-refractivity contribution >= 4 is 10.0 Å². The monoisotopic (exact) mass is 268 g/mol. The molecule has 0 saturated heterocycles. The maximum Gasteiger partial charge on any atom is 0.242 e. The Hall–Kier alpha value is -1.42. The van der Waals surface area contributed by atoms with Gasteiger partial charge in [0, 0.05) is 12.6 Å². The third-order valence-electron chi connectivity index (χ3n) is 2.78. The third-order valence-corrected chi connectivity index (χ3v) is 4.40. The largest absolute Gasteiger partial charge is 0.396 e. The lowest BCUT2D eigenvalue weighted by Gasteiger charge is -2.19. The zero-order chi connectivity index (χ0) is 13.8. The van der Waals surface area contributed by atoms with E-state index in [0.717, 1.165) is 0 Å². The Kier molecular flexibility index (Phi) is 4.84. The highest BCUT2D eigenvalue weighted by Crippen LogP contribution is 2.15. The molecule has 0 saturated carbocycles. The molecule has 1 aromatic carbocycles. The van der Waals surface area contributed by atoms with Crippen molar-refractivity contribution < 1.29 is 13.5 Å². The van der Waals surface area contributed by atoms with Crippen LogP contribution in [0.1, 0.15) is 19.4 Å². The molecule has 98 valence electrons. The first kappa shape index (κ1) is 14.6. The van der Waals surface area contributed by atoms with Gasteiger partial charge in [0.05, 0.1) is 10.5 Å². The molecule has 0 aliphatic rings. The number of hydrogen-bond donors (Lipinski definition) is 2. The molecule has 0 spiro atoms. The van der Waals surface area contributed by atoms with Crippen molar-refractivity contribution in [3.05, 3.63) is 29.8 Å². The molecular weight excluding hydrogens is 252 g/mol. The number of benzene rings is 1. The number of nitrogens with zero attached hydrogens (tertiary/aromatic N) is 1. The third kappa shape index (κ3) is 3.29. The van der Waals surface area contributed by atoms with Crippen LogP contribution in [-0.2, 0) is 10.0 Å². The zero-order valence-electron chi connectivity index (χ0n) is 10.3. The maximum absolute atomic E-state index is 12.1. The molecule has 6 heteroatoms. The standard InChI is InChI=1S/C12H16N2O3S/c1-9(8-15)10(2)14-18(16,17)12-6-4-3-5-11(12)7-13/h3-6,9-10,14-15H,8H2,1-2H3. The molecule has 2 atom stereocenters. The van der Waals surface area contributed by atoms with E-state index >= 15 is 0 Å². The van der Waals surface area contributed by atoms with Crippen LogP contribution < -0.4 is 4.72 Å². The molecule has 18 heavy (non-hydrogen) atoms. The van der Waals surface area contributed by atoms with E-state index in [1.807, 2.05) is 6.07 Å². The number of aliphatic hydroxyl groups is 1. The molecular formula is C12H16N2O3S. The maximum atomic E-state index is 12.1. The van der Waals surface area contributed by atoms with Gasteiger partial charge < -0.3 is 5.11 Å². The lowest BCUT2D eigenvalue weighted by atomic mass is 10.1. The van der Waals surface area contributed by atoms with Gasteiger partial charge in [0.25, 0.3) is 0 Å². The SMILES string of the molecule is CC(CO)C(C)NS(=O)(=O)c1ccccc1C#N. The highest BCUT2D eigenvalue weighted by molar-refractivity contribution is 7.89. The van der Waals surface area contributed by atoms with E-state index in [2.05, 4.69) is 4.72 Å². The normalized spacial score (nSPS) is 14.8. The molecule has 1 rings (SSSR count). The second-order valence-electron chi connectivity index (χ2n) is 4.18.